The average molecular weight is 333 g/mol. The van der Waals surface area contributed by atoms with Crippen molar-refractivity contribution in [2.75, 3.05) is 39.4 Å². The van der Waals surface area contributed by atoms with Crippen LogP contribution in [0.3, 0.4) is 0 Å². The second-order valence-corrected chi connectivity index (χ2v) is 7.34. The first kappa shape index (κ1) is 16.1. The molecular weight excluding hydrogens is 306 g/mol. The molecule has 0 radical (unpaired) electrons. The summed E-state index contributed by atoms with van der Waals surface area (Å²) in [5, 5.41) is 3.35. The lowest BCUT2D eigenvalue weighted by molar-refractivity contribution is 0.0471. The van der Waals surface area contributed by atoms with E-state index in [1.54, 1.807) is 0 Å². The first-order chi connectivity index (χ1) is 11.8. The summed E-state index contributed by atoms with van der Waals surface area (Å²) in [6, 6.07) is 0. The van der Waals surface area contributed by atoms with E-state index in [-0.39, 0.29) is 5.91 Å². The highest BCUT2D eigenvalue weighted by Gasteiger charge is 2.35. The van der Waals surface area contributed by atoms with Gasteiger partial charge in [-0.05, 0) is 57.0 Å². The van der Waals surface area contributed by atoms with Crippen LogP contribution >= 0.6 is 0 Å². The molecule has 132 valence electrons. The van der Waals surface area contributed by atoms with Crippen LogP contribution in [-0.2, 0) is 4.74 Å². The Morgan fingerprint density at radius 3 is 2.71 bits per heavy atom. The van der Waals surface area contributed by atoms with Crippen molar-refractivity contribution < 1.29 is 13.9 Å². The summed E-state index contributed by atoms with van der Waals surface area (Å²) in [4.78, 5) is 19.2. The highest BCUT2D eigenvalue weighted by molar-refractivity contribution is 5.93. The predicted octanol–water partition coefficient (Wildman–Crippen LogP) is 2.03. The Hall–Kier alpha value is -1.40. The van der Waals surface area contributed by atoms with Gasteiger partial charge >= 0.3 is 0 Å². The number of ether oxygens (including phenoxy) is 1. The zero-order valence-corrected chi connectivity index (χ0v) is 14.2. The van der Waals surface area contributed by atoms with Crippen LogP contribution in [0.4, 0.5) is 0 Å². The number of amides is 1. The third kappa shape index (κ3) is 3.22. The van der Waals surface area contributed by atoms with Crippen molar-refractivity contribution in [1.82, 2.24) is 15.2 Å². The number of nitrogens with zero attached hydrogens (tertiary/aromatic N) is 2. The van der Waals surface area contributed by atoms with E-state index < -0.39 is 0 Å². The largest absolute Gasteiger partial charge is 0.447 e. The van der Waals surface area contributed by atoms with Gasteiger partial charge in [0.15, 0.2) is 12.1 Å². The van der Waals surface area contributed by atoms with Gasteiger partial charge in [-0.25, -0.2) is 4.98 Å². The summed E-state index contributed by atoms with van der Waals surface area (Å²) in [5.74, 6) is 2.51. The Bertz CT molecular complexity index is 562. The number of piperidine rings is 1. The van der Waals surface area contributed by atoms with E-state index in [0.717, 1.165) is 77.3 Å². The lowest BCUT2D eigenvalue weighted by Gasteiger charge is -2.27. The molecule has 3 aliphatic heterocycles. The molecule has 24 heavy (non-hydrogen) atoms. The van der Waals surface area contributed by atoms with Crippen molar-refractivity contribution in [3.05, 3.63) is 17.8 Å². The molecule has 6 heteroatoms. The number of aromatic nitrogens is 1. The van der Waals surface area contributed by atoms with Crippen LogP contribution in [0.15, 0.2) is 10.8 Å². The third-order valence-corrected chi connectivity index (χ3v) is 5.95. The fourth-order valence-electron chi connectivity index (χ4n) is 4.48. The average Bonchev–Trinajstić information content (AvgIpc) is 3.32. The maximum Gasteiger partial charge on any atom is 0.276 e. The van der Waals surface area contributed by atoms with Gasteiger partial charge in [0.25, 0.3) is 5.91 Å². The van der Waals surface area contributed by atoms with E-state index >= 15 is 0 Å². The standard InChI is InChI=1S/C18H27N3O3/c22-18(16-17(24-12-20-16)14-1-6-19-7-2-14)21-8-3-15(11-21)13-4-9-23-10-5-13/h12-15,19H,1-11H2. The monoisotopic (exact) mass is 333 g/mol. The normalized spacial score (nSPS) is 26.8. The Morgan fingerprint density at radius 2 is 1.92 bits per heavy atom. The predicted molar refractivity (Wildman–Crippen MR) is 88.9 cm³/mol. The highest BCUT2D eigenvalue weighted by Crippen LogP contribution is 2.33. The molecule has 3 aliphatic rings. The second-order valence-electron chi connectivity index (χ2n) is 7.34. The number of likely N-dealkylation sites (tertiary alicyclic amines) is 1. The van der Waals surface area contributed by atoms with Crippen molar-refractivity contribution in [3.63, 3.8) is 0 Å². The minimum atomic E-state index is 0.0619. The molecule has 1 unspecified atom stereocenters. The molecule has 0 spiro atoms. The van der Waals surface area contributed by atoms with Gasteiger partial charge < -0.3 is 19.4 Å². The minimum Gasteiger partial charge on any atom is -0.447 e. The van der Waals surface area contributed by atoms with Gasteiger partial charge in [0.1, 0.15) is 5.76 Å². The van der Waals surface area contributed by atoms with Crippen molar-refractivity contribution in [2.45, 2.75) is 38.0 Å². The van der Waals surface area contributed by atoms with Crippen LogP contribution in [0, 0.1) is 11.8 Å². The number of carbonyl (C=O) groups excluding carboxylic acids is 1. The molecule has 3 fully saturated rings. The van der Waals surface area contributed by atoms with Gasteiger partial charge in [0.2, 0.25) is 0 Å². The van der Waals surface area contributed by atoms with Crippen molar-refractivity contribution in [3.8, 4) is 0 Å². The Labute approximate surface area is 142 Å². The number of carbonyl (C=O) groups is 1. The third-order valence-electron chi connectivity index (χ3n) is 5.95. The van der Waals surface area contributed by atoms with Crippen LogP contribution < -0.4 is 5.32 Å². The molecule has 1 atom stereocenters. The van der Waals surface area contributed by atoms with Crippen LogP contribution in [0.25, 0.3) is 0 Å². The van der Waals surface area contributed by atoms with Crippen molar-refractivity contribution in [1.29, 1.82) is 0 Å². The first-order valence-corrected chi connectivity index (χ1v) is 9.34. The van der Waals surface area contributed by atoms with E-state index in [1.807, 2.05) is 4.90 Å². The molecule has 0 bridgehead atoms. The number of hydrogen-bond acceptors (Lipinski definition) is 5. The van der Waals surface area contributed by atoms with E-state index in [4.69, 9.17) is 9.15 Å². The fraction of sp³-hybridized carbons (Fsp3) is 0.778. The Balaban J connectivity index is 1.42. The van der Waals surface area contributed by atoms with Gasteiger partial charge in [0.05, 0.1) is 0 Å². The minimum absolute atomic E-state index is 0.0619. The number of oxazole rings is 1. The maximum atomic E-state index is 13.0. The van der Waals surface area contributed by atoms with Gasteiger partial charge in [0, 0.05) is 32.2 Å². The van der Waals surface area contributed by atoms with Crippen LogP contribution in [0.5, 0.6) is 0 Å². The molecule has 1 N–H and O–H groups in total. The van der Waals surface area contributed by atoms with Gasteiger partial charge in [-0.3, -0.25) is 4.79 Å². The highest BCUT2D eigenvalue weighted by atomic mass is 16.5. The summed E-state index contributed by atoms with van der Waals surface area (Å²) in [7, 11) is 0. The lowest BCUT2D eigenvalue weighted by Crippen LogP contribution is -2.33. The van der Waals surface area contributed by atoms with Gasteiger partial charge in [-0.1, -0.05) is 0 Å². The maximum absolute atomic E-state index is 13.0. The Kier molecular flexibility index (Phi) is 4.85. The van der Waals surface area contributed by atoms with Gasteiger partial charge in [-0.2, -0.15) is 0 Å². The van der Waals surface area contributed by atoms with Crippen LogP contribution in [0.1, 0.15) is 54.3 Å². The molecule has 0 aliphatic carbocycles. The summed E-state index contributed by atoms with van der Waals surface area (Å²) in [6.45, 7) is 5.42. The molecule has 3 saturated heterocycles. The first-order valence-electron chi connectivity index (χ1n) is 9.34. The number of nitrogens with one attached hydrogen (secondary N) is 1. The number of hydrogen-bond donors (Lipinski definition) is 1. The van der Waals surface area contributed by atoms with Gasteiger partial charge in [-0.15, -0.1) is 0 Å². The molecule has 1 aromatic rings. The van der Waals surface area contributed by atoms with Crippen molar-refractivity contribution in [2.24, 2.45) is 11.8 Å². The summed E-state index contributed by atoms with van der Waals surface area (Å²) < 4.78 is 11.1. The quantitative estimate of drug-likeness (QED) is 0.917. The zero-order chi connectivity index (χ0) is 16.4. The van der Waals surface area contributed by atoms with E-state index in [1.165, 1.54) is 6.39 Å². The summed E-state index contributed by atoms with van der Waals surface area (Å²) in [6.07, 6.45) is 6.85. The van der Waals surface area contributed by atoms with Crippen molar-refractivity contribution >= 4 is 5.91 Å². The van der Waals surface area contributed by atoms with E-state index in [2.05, 4.69) is 10.3 Å². The van der Waals surface area contributed by atoms with E-state index in [9.17, 15) is 4.79 Å². The summed E-state index contributed by atoms with van der Waals surface area (Å²) >= 11 is 0. The number of rotatable bonds is 3. The molecular formula is C18H27N3O3. The molecule has 6 nitrogen and oxygen atoms in total. The molecule has 0 saturated carbocycles. The van der Waals surface area contributed by atoms with E-state index in [0.29, 0.717) is 23.4 Å². The topological polar surface area (TPSA) is 67.6 Å². The molecule has 1 amide bonds. The smallest absolute Gasteiger partial charge is 0.276 e. The SMILES string of the molecule is O=C(c1ncoc1C1CCNCC1)N1CCC(C2CCOCC2)C1. The fourth-order valence-corrected chi connectivity index (χ4v) is 4.48. The van der Waals surface area contributed by atoms with Crippen LogP contribution in [-0.4, -0.2) is 55.2 Å². The summed E-state index contributed by atoms with van der Waals surface area (Å²) in [5.41, 5.74) is 0.550. The molecule has 0 aromatic carbocycles. The Morgan fingerprint density at radius 1 is 1.12 bits per heavy atom. The van der Waals surface area contributed by atoms with Crippen LogP contribution in [0.2, 0.25) is 0 Å². The second kappa shape index (κ2) is 7.23. The molecule has 4 heterocycles. The molecule has 1 aromatic heterocycles. The zero-order valence-electron chi connectivity index (χ0n) is 14.2. The lowest BCUT2D eigenvalue weighted by atomic mass is 9.85. The molecule has 4 rings (SSSR count).